The first-order chi connectivity index (χ1) is 12.1. The summed E-state index contributed by atoms with van der Waals surface area (Å²) in [6, 6.07) is 8.37. The molecule has 3 aromatic rings. The predicted molar refractivity (Wildman–Crippen MR) is 102 cm³/mol. The van der Waals surface area contributed by atoms with Crippen molar-refractivity contribution in [3.8, 4) is 0 Å². The summed E-state index contributed by atoms with van der Waals surface area (Å²) in [5.41, 5.74) is 1.09. The maximum atomic E-state index is 4.83. The van der Waals surface area contributed by atoms with E-state index in [1.807, 2.05) is 0 Å². The molecule has 1 aromatic carbocycles. The third-order valence-electron chi connectivity index (χ3n) is 4.80. The number of anilines is 1. The van der Waals surface area contributed by atoms with E-state index in [0.29, 0.717) is 5.92 Å². The van der Waals surface area contributed by atoms with Gasteiger partial charge in [-0.25, -0.2) is 4.98 Å². The van der Waals surface area contributed by atoms with Crippen molar-refractivity contribution in [1.82, 2.24) is 24.6 Å². The first kappa shape index (κ1) is 16.5. The summed E-state index contributed by atoms with van der Waals surface area (Å²) in [6.45, 7) is 2.85. The van der Waals surface area contributed by atoms with Crippen LogP contribution in [0.2, 0.25) is 0 Å². The van der Waals surface area contributed by atoms with Gasteiger partial charge in [-0.1, -0.05) is 23.5 Å². The van der Waals surface area contributed by atoms with Gasteiger partial charge >= 0.3 is 0 Å². The van der Waals surface area contributed by atoms with Crippen LogP contribution in [0.15, 0.2) is 24.3 Å². The topological polar surface area (TPSA) is 50.1 Å². The van der Waals surface area contributed by atoms with E-state index in [4.69, 9.17) is 4.98 Å². The molecule has 132 valence electrons. The molecule has 1 aliphatic rings. The van der Waals surface area contributed by atoms with Crippen molar-refractivity contribution in [3.05, 3.63) is 35.9 Å². The zero-order valence-corrected chi connectivity index (χ0v) is 15.8. The number of piperidine rings is 1. The van der Waals surface area contributed by atoms with Crippen molar-refractivity contribution >= 4 is 26.7 Å². The first-order valence-corrected chi connectivity index (χ1v) is 9.57. The Morgan fingerprint density at radius 2 is 2.08 bits per heavy atom. The number of benzene rings is 1. The molecule has 1 fully saturated rings. The van der Waals surface area contributed by atoms with Crippen LogP contribution < -0.4 is 4.90 Å². The number of hydrogen-bond acceptors (Lipinski definition) is 6. The van der Waals surface area contributed by atoms with Crippen molar-refractivity contribution in [1.29, 1.82) is 0 Å². The highest BCUT2D eigenvalue weighted by atomic mass is 32.1. The van der Waals surface area contributed by atoms with Gasteiger partial charge in [-0.3, -0.25) is 0 Å². The third-order valence-corrected chi connectivity index (χ3v) is 5.89. The molecule has 0 N–H and O–H groups in total. The third kappa shape index (κ3) is 3.26. The van der Waals surface area contributed by atoms with Crippen LogP contribution >= 0.6 is 11.3 Å². The molecule has 2 aromatic heterocycles. The number of nitrogens with zero attached hydrogens (tertiary/aromatic N) is 6. The molecule has 0 unspecified atom stereocenters. The van der Waals surface area contributed by atoms with Crippen LogP contribution in [0.25, 0.3) is 10.2 Å². The minimum absolute atomic E-state index is 0.411. The van der Waals surface area contributed by atoms with Crippen molar-refractivity contribution in [2.75, 3.05) is 32.1 Å². The smallest absolute Gasteiger partial charge is 0.186 e. The zero-order valence-electron chi connectivity index (χ0n) is 15.0. The fraction of sp³-hybridized carbons (Fsp3) is 0.500. The van der Waals surface area contributed by atoms with E-state index in [1.54, 1.807) is 11.3 Å². The summed E-state index contributed by atoms with van der Waals surface area (Å²) in [7, 11) is 6.21. The summed E-state index contributed by atoms with van der Waals surface area (Å²) < 4.78 is 3.43. The summed E-state index contributed by atoms with van der Waals surface area (Å²) in [5.74, 6) is 2.54. The molecule has 0 spiro atoms. The molecule has 7 heteroatoms. The number of rotatable bonds is 4. The Hall–Kier alpha value is -1.99. The van der Waals surface area contributed by atoms with E-state index in [1.165, 1.54) is 4.70 Å². The van der Waals surface area contributed by atoms with Gasteiger partial charge in [0.15, 0.2) is 5.13 Å². The molecule has 0 saturated carbocycles. The first-order valence-electron chi connectivity index (χ1n) is 8.75. The Labute approximate surface area is 152 Å². The lowest BCUT2D eigenvalue weighted by molar-refractivity contribution is 0.382. The normalized spacial score (nSPS) is 18.4. The van der Waals surface area contributed by atoms with Gasteiger partial charge < -0.3 is 14.4 Å². The molecular formula is C18H24N6S. The van der Waals surface area contributed by atoms with Crippen molar-refractivity contribution < 1.29 is 0 Å². The van der Waals surface area contributed by atoms with E-state index in [0.717, 1.165) is 54.8 Å². The lowest BCUT2D eigenvalue weighted by Gasteiger charge is -2.32. The van der Waals surface area contributed by atoms with Crippen LogP contribution in [0.4, 0.5) is 5.13 Å². The maximum absolute atomic E-state index is 4.83. The summed E-state index contributed by atoms with van der Waals surface area (Å²) in [4.78, 5) is 9.37. The Balaban J connectivity index is 1.56. The van der Waals surface area contributed by atoms with Crippen LogP contribution in [0.1, 0.15) is 30.4 Å². The molecule has 0 radical (unpaired) electrons. The van der Waals surface area contributed by atoms with Gasteiger partial charge in [-0.05, 0) is 39.1 Å². The van der Waals surface area contributed by atoms with Gasteiger partial charge in [-0.15, -0.1) is 10.2 Å². The summed E-state index contributed by atoms with van der Waals surface area (Å²) in [6.07, 6.45) is 2.33. The number of aromatic nitrogens is 4. The highest BCUT2D eigenvalue weighted by molar-refractivity contribution is 7.22. The number of thiazole rings is 1. The summed E-state index contributed by atoms with van der Waals surface area (Å²) in [5, 5.41) is 10.0. The van der Waals surface area contributed by atoms with Crippen molar-refractivity contribution in [3.63, 3.8) is 0 Å². The van der Waals surface area contributed by atoms with E-state index in [2.05, 4.69) is 70.0 Å². The lowest BCUT2D eigenvalue weighted by Crippen LogP contribution is -2.35. The van der Waals surface area contributed by atoms with Gasteiger partial charge in [0.2, 0.25) is 0 Å². The fourth-order valence-electron chi connectivity index (χ4n) is 3.51. The average Bonchev–Trinajstić information content (AvgIpc) is 3.19. The molecule has 4 rings (SSSR count). The number of fused-ring (bicyclic) bond motifs is 1. The van der Waals surface area contributed by atoms with E-state index < -0.39 is 0 Å². The minimum atomic E-state index is 0.411. The molecule has 0 bridgehead atoms. The van der Waals surface area contributed by atoms with Crippen LogP contribution in [-0.2, 0) is 13.6 Å². The molecule has 0 aliphatic carbocycles. The van der Waals surface area contributed by atoms with E-state index >= 15 is 0 Å². The Kier molecular flexibility index (Phi) is 4.43. The maximum Gasteiger partial charge on any atom is 0.186 e. The molecule has 1 atom stereocenters. The second kappa shape index (κ2) is 6.72. The molecule has 1 aliphatic heterocycles. The van der Waals surface area contributed by atoms with E-state index in [9.17, 15) is 0 Å². The van der Waals surface area contributed by atoms with Gasteiger partial charge in [-0.2, -0.15) is 0 Å². The standard InChI is InChI=1S/C18H24N6S/c1-22(2)12-16-20-21-17(23(16)3)13-7-6-10-24(11-13)18-19-14-8-4-5-9-15(14)25-18/h4-5,8-9,13H,6-7,10-12H2,1-3H3/t13-/m0/s1. The highest BCUT2D eigenvalue weighted by Gasteiger charge is 2.27. The largest absolute Gasteiger partial charge is 0.347 e. The zero-order chi connectivity index (χ0) is 17.4. The van der Waals surface area contributed by atoms with Gasteiger partial charge in [0.05, 0.1) is 16.8 Å². The van der Waals surface area contributed by atoms with Crippen LogP contribution in [0.3, 0.4) is 0 Å². The Morgan fingerprint density at radius 1 is 1.24 bits per heavy atom. The second-order valence-corrected chi connectivity index (χ2v) is 8.03. The monoisotopic (exact) mass is 356 g/mol. The molecule has 0 amide bonds. The SMILES string of the molecule is CN(C)Cc1nnc([C@H]2CCCN(c3nc4ccccc4s3)C2)n1C. The Morgan fingerprint density at radius 3 is 2.88 bits per heavy atom. The Bertz CT molecular complexity index is 834. The van der Waals surface area contributed by atoms with Crippen LogP contribution in [0, 0.1) is 0 Å². The van der Waals surface area contributed by atoms with Crippen molar-refractivity contribution in [2.45, 2.75) is 25.3 Å². The molecule has 6 nitrogen and oxygen atoms in total. The fourth-order valence-corrected chi connectivity index (χ4v) is 4.51. The lowest BCUT2D eigenvalue weighted by atomic mass is 9.97. The quantitative estimate of drug-likeness (QED) is 0.719. The van der Waals surface area contributed by atoms with Crippen LogP contribution in [0.5, 0.6) is 0 Å². The molecule has 1 saturated heterocycles. The average molecular weight is 356 g/mol. The second-order valence-electron chi connectivity index (χ2n) is 7.02. The number of hydrogen-bond donors (Lipinski definition) is 0. The molecular weight excluding hydrogens is 332 g/mol. The summed E-state index contributed by atoms with van der Waals surface area (Å²) >= 11 is 1.78. The van der Waals surface area contributed by atoms with Gasteiger partial charge in [0.1, 0.15) is 11.6 Å². The van der Waals surface area contributed by atoms with Gasteiger partial charge in [0, 0.05) is 26.1 Å². The molecule has 25 heavy (non-hydrogen) atoms. The minimum Gasteiger partial charge on any atom is -0.347 e. The van der Waals surface area contributed by atoms with E-state index in [-0.39, 0.29) is 0 Å². The number of para-hydroxylation sites is 1. The predicted octanol–water partition coefficient (Wildman–Crippen LogP) is 2.87. The highest BCUT2D eigenvalue weighted by Crippen LogP contribution is 2.33. The van der Waals surface area contributed by atoms with Crippen LogP contribution in [-0.4, -0.2) is 51.8 Å². The van der Waals surface area contributed by atoms with Gasteiger partial charge in [0.25, 0.3) is 0 Å². The molecule has 3 heterocycles. The van der Waals surface area contributed by atoms with Crippen molar-refractivity contribution in [2.24, 2.45) is 7.05 Å².